The first kappa shape index (κ1) is 21.1. The molecule has 0 amide bonds. The van der Waals surface area contributed by atoms with Crippen LogP contribution in [0.2, 0.25) is 0 Å². The van der Waals surface area contributed by atoms with Crippen LogP contribution in [0.3, 0.4) is 0 Å². The van der Waals surface area contributed by atoms with E-state index >= 15 is 0 Å². The van der Waals surface area contributed by atoms with Gasteiger partial charge in [0.1, 0.15) is 5.82 Å². The summed E-state index contributed by atoms with van der Waals surface area (Å²) in [6.45, 7) is 14.4. The van der Waals surface area contributed by atoms with Gasteiger partial charge in [-0.2, -0.15) is 5.10 Å². The van der Waals surface area contributed by atoms with Crippen LogP contribution in [0.25, 0.3) is 0 Å². The van der Waals surface area contributed by atoms with E-state index in [1.165, 1.54) is 6.42 Å². The number of aliphatic imine (C=N–C) groups is 1. The highest BCUT2D eigenvalue weighted by Crippen LogP contribution is 2.34. The minimum Gasteiger partial charge on any atom is -0.377 e. The second kappa shape index (κ2) is 9.25. The number of hydrogen-bond donors (Lipinski definition) is 2. The molecule has 28 heavy (non-hydrogen) atoms. The van der Waals surface area contributed by atoms with E-state index < -0.39 is 0 Å². The van der Waals surface area contributed by atoms with Gasteiger partial charge in [0.15, 0.2) is 11.8 Å². The predicted octanol–water partition coefficient (Wildman–Crippen LogP) is 2.55. The highest BCUT2D eigenvalue weighted by Gasteiger charge is 2.35. The molecule has 7 heteroatoms. The molecule has 0 aliphatic carbocycles. The van der Waals surface area contributed by atoms with Gasteiger partial charge in [0, 0.05) is 44.5 Å². The molecular weight excluding hydrogens is 352 g/mol. The van der Waals surface area contributed by atoms with Crippen LogP contribution < -0.4 is 10.6 Å². The first-order valence-corrected chi connectivity index (χ1v) is 11.0. The lowest BCUT2D eigenvalue weighted by Crippen LogP contribution is -2.48. The van der Waals surface area contributed by atoms with Crippen LogP contribution in [-0.2, 0) is 24.1 Å². The van der Waals surface area contributed by atoms with Gasteiger partial charge in [-0.15, -0.1) is 0 Å². The molecule has 2 aliphatic rings. The van der Waals surface area contributed by atoms with Crippen molar-refractivity contribution in [2.24, 2.45) is 16.3 Å². The van der Waals surface area contributed by atoms with E-state index in [2.05, 4.69) is 60.0 Å². The lowest BCUT2D eigenvalue weighted by Gasteiger charge is -2.39. The zero-order chi connectivity index (χ0) is 20.1. The van der Waals surface area contributed by atoms with Gasteiger partial charge in [0.25, 0.3) is 0 Å². The summed E-state index contributed by atoms with van der Waals surface area (Å²) in [6, 6.07) is 0.331. The average Bonchev–Trinajstić information content (AvgIpc) is 3.08. The second-order valence-corrected chi connectivity index (χ2v) is 9.14. The fourth-order valence-electron chi connectivity index (χ4n) is 4.34. The summed E-state index contributed by atoms with van der Waals surface area (Å²) in [5.41, 5.74) is 0.149. The van der Waals surface area contributed by atoms with Crippen LogP contribution in [0, 0.1) is 11.3 Å². The molecule has 158 valence electrons. The van der Waals surface area contributed by atoms with Gasteiger partial charge in [-0.1, -0.05) is 27.7 Å². The molecular formula is C21H38N6O. The molecule has 7 nitrogen and oxygen atoms in total. The summed E-state index contributed by atoms with van der Waals surface area (Å²) >= 11 is 0. The Labute approximate surface area is 169 Å². The van der Waals surface area contributed by atoms with Crippen molar-refractivity contribution in [3.8, 4) is 0 Å². The molecule has 3 unspecified atom stereocenters. The van der Waals surface area contributed by atoms with E-state index in [-0.39, 0.29) is 11.5 Å². The number of fused-ring (bicyclic) bond motifs is 1. The van der Waals surface area contributed by atoms with Crippen LogP contribution in [0.5, 0.6) is 0 Å². The first-order chi connectivity index (χ1) is 13.4. The number of nitrogens with one attached hydrogen (secondary N) is 2. The zero-order valence-electron chi connectivity index (χ0n) is 18.3. The number of nitrogens with zero attached hydrogens (tertiary/aromatic N) is 4. The Hall–Kier alpha value is -1.63. The van der Waals surface area contributed by atoms with E-state index in [0.29, 0.717) is 12.0 Å². The van der Waals surface area contributed by atoms with Crippen molar-refractivity contribution in [2.45, 2.75) is 85.4 Å². The van der Waals surface area contributed by atoms with Gasteiger partial charge in [-0.3, -0.25) is 4.99 Å². The Morgan fingerprint density at radius 1 is 1.29 bits per heavy atom. The van der Waals surface area contributed by atoms with Crippen LogP contribution in [0.4, 0.5) is 0 Å². The molecule has 1 saturated heterocycles. The number of rotatable bonds is 5. The Balaban J connectivity index is 1.62. The van der Waals surface area contributed by atoms with Crippen molar-refractivity contribution in [3.63, 3.8) is 0 Å². The third-order valence-electron chi connectivity index (χ3n) is 5.69. The highest BCUT2D eigenvalue weighted by molar-refractivity contribution is 5.80. The topological polar surface area (TPSA) is 76.4 Å². The Kier molecular flexibility index (Phi) is 6.96. The van der Waals surface area contributed by atoms with E-state index in [9.17, 15) is 0 Å². The van der Waals surface area contributed by atoms with Gasteiger partial charge >= 0.3 is 0 Å². The third-order valence-corrected chi connectivity index (χ3v) is 5.69. The lowest BCUT2D eigenvalue weighted by molar-refractivity contribution is -0.0823. The Bertz CT molecular complexity index is 662. The average molecular weight is 391 g/mol. The molecule has 0 radical (unpaired) electrons. The van der Waals surface area contributed by atoms with Crippen molar-refractivity contribution >= 4 is 5.96 Å². The quantitative estimate of drug-likeness (QED) is 0.597. The predicted molar refractivity (Wildman–Crippen MR) is 113 cm³/mol. The molecule has 0 bridgehead atoms. The molecule has 3 heterocycles. The maximum atomic E-state index is 6.12. The van der Waals surface area contributed by atoms with E-state index in [0.717, 1.165) is 69.5 Å². The normalized spacial score (nSPS) is 26.0. The molecule has 1 fully saturated rings. The first-order valence-electron chi connectivity index (χ1n) is 11.0. The van der Waals surface area contributed by atoms with Gasteiger partial charge in [0.2, 0.25) is 0 Å². The molecule has 2 aliphatic heterocycles. The highest BCUT2D eigenvalue weighted by atomic mass is 16.5. The lowest BCUT2D eigenvalue weighted by atomic mass is 9.78. The fraction of sp³-hybridized carbons (Fsp3) is 0.857. The summed E-state index contributed by atoms with van der Waals surface area (Å²) in [7, 11) is 0. The Morgan fingerprint density at radius 3 is 2.82 bits per heavy atom. The van der Waals surface area contributed by atoms with Crippen LogP contribution in [-0.4, -0.2) is 52.6 Å². The standard InChI is InChI=1S/C21H38N6O/c1-6-17-25-18-11-10-16(14-27(18)26-17)24-20(22-7-2)23-13-15-9-8-12-28-19(15)21(3,4)5/h15-16,19H,6-14H2,1-5H3,(H2,22,23,24). The van der Waals surface area contributed by atoms with E-state index in [1.54, 1.807) is 0 Å². The van der Waals surface area contributed by atoms with Gasteiger partial charge in [0.05, 0.1) is 12.6 Å². The van der Waals surface area contributed by atoms with Crippen molar-refractivity contribution < 1.29 is 4.74 Å². The molecule has 0 aromatic carbocycles. The molecule has 1 aromatic heterocycles. The Morgan fingerprint density at radius 2 is 2.11 bits per heavy atom. The molecule has 3 atom stereocenters. The van der Waals surface area contributed by atoms with Gasteiger partial charge in [-0.05, 0) is 31.6 Å². The second-order valence-electron chi connectivity index (χ2n) is 9.14. The zero-order valence-corrected chi connectivity index (χ0v) is 18.3. The maximum absolute atomic E-state index is 6.12. The molecule has 1 aromatic rings. The molecule has 2 N–H and O–H groups in total. The smallest absolute Gasteiger partial charge is 0.191 e. The van der Waals surface area contributed by atoms with Crippen LogP contribution in [0.15, 0.2) is 4.99 Å². The van der Waals surface area contributed by atoms with Gasteiger partial charge in [-0.25, -0.2) is 9.67 Å². The summed E-state index contributed by atoms with van der Waals surface area (Å²) in [4.78, 5) is 9.55. The van der Waals surface area contributed by atoms with Crippen molar-refractivity contribution in [1.29, 1.82) is 0 Å². The monoisotopic (exact) mass is 390 g/mol. The van der Waals surface area contributed by atoms with Crippen molar-refractivity contribution in [2.75, 3.05) is 19.7 Å². The summed E-state index contributed by atoms with van der Waals surface area (Å²) < 4.78 is 8.18. The summed E-state index contributed by atoms with van der Waals surface area (Å²) in [5, 5.41) is 11.7. The number of guanidine groups is 1. The number of ether oxygens (including phenoxy) is 1. The number of hydrogen-bond acceptors (Lipinski definition) is 4. The van der Waals surface area contributed by atoms with Crippen LogP contribution >= 0.6 is 0 Å². The third kappa shape index (κ3) is 5.25. The van der Waals surface area contributed by atoms with Crippen molar-refractivity contribution in [3.05, 3.63) is 11.6 Å². The number of aromatic nitrogens is 3. The molecule has 0 spiro atoms. The summed E-state index contributed by atoms with van der Waals surface area (Å²) in [5.74, 6) is 3.44. The van der Waals surface area contributed by atoms with Gasteiger partial charge < -0.3 is 15.4 Å². The molecule has 0 saturated carbocycles. The molecule has 3 rings (SSSR count). The summed E-state index contributed by atoms with van der Waals surface area (Å²) in [6.07, 6.45) is 5.51. The minimum absolute atomic E-state index is 0.149. The van der Waals surface area contributed by atoms with Crippen molar-refractivity contribution in [1.82, 2.24) is 25.4 Å². The maximum Gasteiger partial charge on any atom is 0.191 e. The largest absolute Gasteiger partial charge is 0.377 e. The minimum atomic E-state index is 0.149. The van der Waals surface area contributed by atoms with Crippen LogP contribution in [0.1, 0.15) is 65.5 Å². The fourth-order valence-corrected chi connectivity index (χ4v) is 4.34. The SMILES string of the molecule is CCNC(=NCC1CCCOC1C(C)(C)C)NC1CCc2nc(CC)nn2C1. The van der Waals surface area contributed by atoms with E-state index in [4.69, 9.17) is 9.73 Å². The van der Waals surface area contributed by atoms with E-state index in [1.807, 2.05) is 0 Å². The number of aryl methyl sites for hydroxylation is 2.